The summed E-state index contributed by atoms with van der Waals surface area (Å²) >= 11 is 1.66. The lowest BCUT2D eigenvalue weighted by Gasteiger charge is -2.14. The third kappa shape index (κ3) is 5.26. The van der Waals surface area contributed by atoms with Crippen molar-refractivity contribution in [2.45, 2.75) is 33.1 Å². The average Bonchev–Trinajstić information content (AvgIpc) is 3.15. The van der Waals surface area contributed by atoms with E-state index < -0.39 is 0 Å². The van der Waals surface area contributed by atoms with E-state index in [2.05, 4.69) is 32.0 Å². The second-order valence-corrected chi connectivity index (χ2v) is 9.64. The van der Waals surface area contributed by atoms with E-state index in [-0.39, 0.29) is 18.1 Å². The molecule has 4 aromatic rings. The van der Waals surface area contributed by atoms with Crippen LogP contribution in [0.5, 0.6) is 11.5 Å². The highest BCUT2D eigenvalue weighted by atomic mass is 32.1. The Morgan fingerprint density at radius 2 is 1.76 bits per heavy atom. The quantitative estimate of drug-likeness (QED) is 0.279. The van der Waals surface area contributed by atoms with Gasteiger partial charge in [0.05, 0.1) is 11.3 Å². The highest BCUT2D eigenvalue weighted by Gasteiger charge is 2.20. The molecule has 0 bridgehead atoms. The zero-order valence-electron chi connectivity index (χ0n) is 19.5. The molecule has 0 aliphatic rings. The monoisotopic (exact) mass is 469 g/mol. The first-order chi connectivity index (χ1) is 16.3. The molecule has 0 atom stereocenters. The summed E-state index contributed by atoms with van der Waals surface area (Å²) in [7, 11) is 0. The fourth-order valence-corrected chi connectivity index (χ4v) is 5.13. The summed E-state index contributed by atoms with van der Waals surface area (Å²) in [5.74, 6) is 1.52. The highest BCUT2D eigenvalue weighted by Crippen LogP contribution is 2.48. The van der Waals surface area contributed by atoms with Crippen molar-refractivity contribution in [2.24, 2.45) is 5.73 Å². The van der Waals surface area contributed by atoms with E-state index in [1.54, 1.807) is 23.5 Å². The lowest BCUT2D eigenvalue weighted by Crippen LogP contribution is -2.13. The Hall–Kier alpha value is -3.70. The van der Waals surface area contributed by atoms with E-state index in [0.717, 1.165) is 37.4 Å². The number of hydrogen-bond donors (Lipinski definition) is 1. The summed E-state index contributed by atoms with van der Waals surface area (Å²) in [5, 5.41) is 0.993. The van der Waals surface area contributed by atoms with Crippen LogP contribution in [0.4, 0.5) is 0 Å². The van der Waals surface area contributed by atoms with Gasteiger partial charge in [0.1, 0.15) is 5.75 Å². The molecule has 1 heterocycles. The topological polar surface area (TPSA) is 69.4 Å². The lowest BCUT2D eigenvalue weighted by atomic mass is 9.96. The standard InChI is InChI=1S/C29H27NO3S/c1-18(2)23-6-4-5-7-24(23)29-28(25-15-12-21(17-27(30)32)16-26(25)34-29)33-22-13-10-20(11-14-22)9-8-19(3)31/h4-16,18H,17H2,1-3H3,(H2,30,32)/b9-8+. The van der Waals surface area contributed by atoms with Crippen molar-refractivity contribution in [1.82, 2.24) is 0 Å². The maximum absolute atomic E-state index is 11.4. The summed E-state index contributed by atoms with van der Waals surface area (Å²) in [6.45, 7) is 5.90. The smallest absolute Gasteiger partial charge is 0.221 e. The SMILES string of the molecule is CC(=O)/C=C/c1ccc(Oc2c(-c3ccccc3C(C)C)sc3cc(CC(N)=O)ccc23)cc1. The molecule has 0 aliphatic heterocycles. The minimum atomic E-state index is -0.350. The molecule has 0 spiro atoms. The number of allylic oxidation sites excluding steroid dienone is 1. The second kappa shape index (κ2) is 10.1. The van der Waals surface area contributed by atoms with Crippen LogP contribution >= 0.6 is 11.3 Å². The maximum Gasteiger partial charge on any atom is 0.221 e. The molecule has 3 aromatic carbocycles. The molecule has 4 nitrogen and oxygen atoms in total. The number of hydrogen-bond acceptors (Lipinski definition) is 4. The number of ether oxygens (including phenoxy) is 1. The van der Waals surface area contributed by atoms with Gasteiger partial charge in [-0.15, -0.1) is 11.3 Å². The lowest BCUT2D eigenvalue weighted by molar-refractivity contribution is -0.117. The van der Waals surface area contributed by atoms with Gasteiger partial charge in [-0.25, -0.2) is 0 Å². The van der Waals surface area contributed by atoms with Gasteiger partial charge in [-0.05, 0) is 65.4 Å². The number of nitrogens with two attached hydrogens (primary N) is 1. The first-order valence-electron chi connectivity index (χ1n) is 11.2. The molecular formula is C29H27NO3S. The first-order valence-corrected chi connectivity index (χ1v) is 12.0. The van der Waals surface area contributed by atoms with Crippen molar-refractivity contribution < 1.29 is 14.3 Å². The zero-order valence-corrected chi connectivity index (χ0v) is 20.3. The molecule has 0 radical (unpaired) electrons. The van der Waals surface area contributed by atoms with Crippen LogP contribution < -0.4 is 10.5 Å². The van der Waals surface area contributed by atoms with Crippen LogP contribution in [0.3, 0.4) is 0 Å². The first kappa shape index (κ1) is 23.5. The van der Waals surface area contributed by atoms with Crippen LogP contribution in [0, 0.1) is 0 Å². The summed E-state index contributed by atoms with van der Waals surface area (Å²) in [6.07, 6.45) is 3.54. The van der Waals surface area contributed by atoms with Crippen LogP contribution in [-0.4, -0.2) is 11.7 Å². The number of primary amides is 1. The normalized spacial score (nSPS) is 11.4. The van der Waals surface area contributed by atoms with E-state index >= 15 is 0 Å². The molecule has 172 valence electrons. The fourth-order valence-electron chi connectivity index (χ4n) is 3.89. The van der Waals surface area contributed by atoms with Crippen molar-refractivity contribution in [2.75, 3.05) is 0 Å². The maximum atomic E-state index is 11.4. The Bertz CT molecular complexity index is 1380. The Morgan fingerprint density at radius 1 is 1.03 bits per heavy atom. The largest absolute Gasteiger partial charge is 0.455 e. The van der Waals surface area contributed by atoms with Gasteiger partial charge in [0.25, 0.3) is 0 Å². The predicted molar refractivity (Wildman–Crippen MR) is 140 cm³/mol. The van der Waals surface area contributed by atoms with Crippen LogP contribution in [0.25, 0.3) is 26.6 Å². The molecule has 5 heteroatoms. The number of rotatable bonds is 8. The number of amides is 1. The Labute approximate surface area is 203 Å². The number of carbonyl (C=O) groups excluding carboxylic acids is 2. The minimum absolute atomic E-state index is 0.00855. The van der Waals surface area contributed by atoms with Crippen LogP contribution in [0.2, 0.25) is 0 Å². The summed E-state index contributed by atoms with van der Waals surface area (Å²) in [5.41, 5.74) is 9.63. The fraction of sp³-hybridized carbons (Fsp3) is 0.172. The van der Waals surface area contributed by atoms with E-state index in [1.165, 1.54) is 12.5 Å². The molecule has 4 rings (SSSR count). The van der Waals surface area contributed by atoms with Crippen LogP contribution in [-0.2, 0) is 16.0 Å². The average molecular weight is 470 g/mol. The van der Waals surface area contributed by atoms with Gasteiger partial charge in [-0.1, -0.05) is 62.4 Å². The van der Waals surface area contributed by atoms with Gasteiger partial charge in [0, 0.05) is 10.1 Å². The van der Waals surface area contributed by atoms with Crippen LogP contribution in [0.1, 0.15) is 43.4 Å². The van der Waals surface area contributed by atoms with E-state index in [4.69, 9.17) is 10.5 Å². The van der Waals surface area contributed by atoms with Crippen molar-refractivity contribution in [1.29, 1.82) is 0 Å². The summed E-state index contributed by atoms with van der Waals surface area (Å²) in [6, 6.07) is 22.0. The Morgan fingerprint density at radius 3 is 2.44 bits per heavy atom. The third-order valence-corrected chi connectivity index (χ3v) is 6.69. The van der Waals surface area contributed by atoms with Gasteiger partial charge in [-0.2, -0.15) is 0 Å². The number of carbonyl (C=O) groups is 2. The molecule has 0 saturated heterocycles. The molecule has 0 fully saturated rings. The molecule has 2 N–H and O–H groups in total. The van der Waals surface area contributed by atoms with Crippen LogP contribution in [0.15, 0.2) is 72.8 Å². The van der Waals surface area contributed by atoms with E-state index in [9.17, 15) is 9.59 Å². The molecule has 1 amide bonds. The Kier molecular flexibility index (Phi) is 6.94. The van der Waals surface area contributed by atoms with Gasteiger partial charge < -0.3 is 10.5 Å². The van der Waals surface area contributed by atoms with Gasteiger partial charge in [0.2, 0.25) is 5.91 Å². The van der Waals surface area contributed by atoms with E-state index in [1.807, 2.05) is 48.5 Å². The zero-order chi connectivity index (χ0) is 24.2. The second-order valence-electron chi connectivity index (χ2n) is 8.59. The van der Waals surface area contributed by atoms with Gasteiger partial charge >= 0.3 is 0 Å². The molecule has 1 aromatic heterocycles. The van der Waals surface area contributed by atoms with Gasteiger partial charge in [0.15, 0.2) is 11.5 Å². The molecule has 0 saturated carbocycles. The number of thiophene rings is 1. The molecular weight excluding hydrogens is 442 g/mol. The molecule has 0 unspecified atom stereocenters. The number of fused-ring (bicyclic) bond motifs is 1. The van der Waals surface area contributed by atoms with Crippen molar-refractivity contribution in [3.05, 3.63) is 89.5 Å². The summed E-state index contributed by atoms with van der Waals surface area (Å²) in [4.78, 5) is 23.7. The number of benzene rings is 3. The van der Waals surface area contributed by atoms with Crippen molar-refractivity contribution in [3.8, 4) is 21.9 Å². The Balaban J connectivity index is 1.81. The van der Waals surface area contributed by atoms with Crippen molar-refractivity contribution in [3.63, 3.8) is 0 Å². The van der Waals surface area contributed by atoms with Crippen molar-refractivity contribution >= 4 is 39.2 Å². The molecule has 0 aliphatic carbocycles. The van der Waals surface area contributed by atoms with Gasteiger partial charge in [-0.3, -0.25) is 9.59 Å². The van der Waals surface area contributed by atoms with E-state index in [0.29, 0.717) is 11.7 Å². The summed E-state index contributed by atoms with van der Waals surface area (Å²) < 4.78 is 7.53. The predicted octanol–water partition coefficient (Wildman–Crippen LogP) is 7.11. The number of ketones is 1. The third-order valence-electron chi connectivity index (χ3n) is 5.53. The molecule has 34 heavy (non-hydrogen) atoms. The minimum Gasteiger partial charge on any atom is -0.455 e. The highest BCUT2D eigenvalue weighted by molar-refractivity contribution is 7.22.